The Morgan fingerprint density at radius 1 is 1.15 bits per heavy atom. The number of nitrogens with zero attached hydrogens (tertiary/aromatic N) is 3. The average Bonchev–Trinajstić information content (AvgIpc) is 3.14. The Morgan fingerprint density at radius 3 is 2.64 bits per heavy atom. The summed E-state index contributed by atoms with van der Waals surface area (Å²) < 4.78 is 41.0. The van der Waals surface area contributed by atoms with E-state index < -0.39 is 16.1 Å². The molecule has 4 rings (SSSR count). The highest BCUT2D eigenvalue weighted by Gasteiger charge is 2.26. The molecule has 0 bridgehead atoms. The highest BCUT2D eigenvalue weighted by atomic mass is 32.2. The minimum absolute atomic E-state index is 0.0122. The molecule has 0 aliphatic carbocycles. The molecule has 174 valence electrons. The first-order chi connectivity index (χ1) is 15.8. The third kappa shape index (κ3) is 5.35. The molecule has 0 unspecified atom stereocenters. The van der Waals surface area contributed by atoms with E-state index in [1.807, 2.05) is 36.5 Å². The summed E-state index contributed by atoms with van der Waals surface area (Å²) in [4.78, 5) is 14.3. The molecular weight excluding hydrogens is 444 g/mol. The summed E-state index contributed by atoms with van der Waals surface area (Å²) in [6, 6.07) is 13.1. The number of nitrogens with one attached hydrogen (secondary N) is 1. The third-order valence-corrected chi connectivity index (χ3v) is 6.72. The van der Waals surface area contributed by atoms with E-state index in [1.165, 1.54) is 24.0 Å². The third-order valence-electron chi connectivity index (χ3n) is 5.18. The fourth-order valence-electron chi connectivity index (χ4n) is 3.51. The van der Waals surface area contributed by atoms with Crippen molar-refractivity contribution in [3.63, 3.8) is 0 Å². The van der Waals surface area contributed by atoms with Crippen LogP contribution in [0.2, 0.25) is 0 Å². The van der Waals surface area contributed by atoms with Crippen molar-refractivity contribution in [1.29, 1.82) is 0 Å². The van der Waals surface area contributed by atoms with Gasteiger partial charge in [0.1, 0.15) is 0 Å². The van der Waals surface area contributed by atoms with Crippen LogP contribution in [0.3, 0.4) is 0 Å². The molecule has 3 aromatic rings. The van der Waals surface area contributed by atoms with Gasteiger partial charge < -0.3 is 14.4 Å². The highest BCUT2D eigenvalue weighted by molar-refractivity contribution is 7.89. The molecule has 0 saturated heterocycles. The van der Waals surface area contributed by atoms with E-state index in [1.54, 1.807) is 24.0 Å². The van der Waals surface area contributed by atoms with E-state index in [4.69, 9.17) is 9.47 Å². The first-order valence-electron chi connectivity index (χ1n) is 10.6. The molecule has 0 fully saturated rings. The number of amides is 1. The van der Waals surface area contributed by atoms with Gasteiger partial charge in [0.15, 0.2) is 11.5 Å². The molecular formula is C23H26N4O5S. The van der Waals surface area contributed by atoms with Gasteiger partial charge in [-0.2, -0.15) is 9.82 Å². The second-order valence-corrected chi connectivity index (χ2v) is 9.54. The first-order valence-corrected chi connectivity index (χ1v) is 12.1. The molecule has 2 aromatic carbocycles. The molecule has 1 atom stereocenters. The standard InChI is InChI=1S/C23H26N4O5S/c1-17(25-33(29,30)20-9-10-21-22(13-20)32-12-6-11-31-21)23(28)26(2)15-18-14-24-27(16-18)19-7-4-3-5-8-19/h3-5,7-10,13-14,16-17,25H,6,11-12,15H2,1-2H3/t17-/m1/s1. The quantitative estimate of drug-likeness (QED) is 0.569. The highest BCUT2D eigenvalue weighted by Crippen LogP contribution is 2.31. The lowest BCUT2D eigenvalue weighted by Gasteiger charge is -2.21. The van der Waals surface area contributed by atoms with Crippen LogP contribution >= 0.6 is 0 Å². The maximum atomic E-state index is 12.9. The normalized spacial score (nSPS) is 14.4. The first kappa shape index (κ1) is 22.8. The van der Waals surface area contributed by atoms with Gasteiger partial charge in [0.25, 0.3) is 0 Å². The van der Waals surface area contributed by atoms with Crippen LogP contribution in [-0.2, 0) is 21.4 Å². The van der Waals surface area contributed by atoms with Crippen LogP contribution in [0.25, 0.3) is 5.69 Å². The minimum Gasteiger partial charge on any atom is -0.490 e. The number of hydrogen-bond acceptors (Lipinski definition) is 6. The Kier molecular flexibility index (Phi) is 6.66. The Morgan fingerprint density at radius 2 is 1.88 bits per heavy atom. The number of ether oxygens (including phenoxy) is 2. The summed E-state index contributed by atoms with van der Waals surface area (Å²) in [6.45, 7) is 2.78. The predicted molar refractivity (Wildman–Crippen MR) is 122 cm³/mol. The summed E-state index contributed by atoms with van der Waals surface area (Å²) in [5.41, 5.74) is 1.74. The van der Waals surface area contributed by atoms with Crippen molar-refractivity contribution in [2.45, 2.75) is 30.8 Å². The molecule has 1 N–H and O–H groups in total. The number of hydrogen-bond donors (Lipinski definition) is 1. The summed E-state index contributed by atoms with van der Waals surface area (Å²) in [6.07, 6.45) is 4.24. The van der Waals surface area contributed by atoms with E-state index in [2.05, 4.69) is 9.82 Å². The van der Waals surface area contributed by atoms with Crippen LogP contribution in [0.1, 0.15) is 18.9 Å². The fraction of sp³-hybridized carbons (Fsp3) is 0.304. The molecule has 1 aromatic heterocycles. The molecule has 10 heteroatoms. The van der Waals surface area contributed by atoms with Gasteiger partial charge in [-0.05, 0) is 31.2 Å². The number of sulfonamides is 1. The Labute approximate surface area is 193 Å². The molecule has 0 radical (unpaired) electrons. The Hall–Kier alpha value is -3.37. The second-order valence-electron chi connectivity index (χ2n) is 7.82. The van der Waals surface area contributed by atoms with E-state index in [-0.39, 0.29) is 10.8 Å². The lowest BCUT2D eigenvalue weighted by molar-refractivity contribution is -0.131. The zero-order chi connectivity index (χ0) is 23.4. The van der Waals surface area contributed by atoms with E-state index >= 15 is 0 Å². The van der Waals surface area contributed by atoms with Crippen LogP contribution < -0.4 is 14.2 Å². The maximum absolute atomic E-state index is 12.9. The number of carbonyl (C=O) groups is 1. The zero-order valence-electron chi connectivity index (χ0n) is 18.5. The molecule has 9 nitrogen and oxygen atoms in total. The summed E-state index contributed by atoms with van der Waals surface area (Å²) in [7, 11) is -2.31. The summed E-state index contributed by atoms with van der Waals surface area (Å²) in [5.74, 6) is 0.522. The summed E-state index contributed by atoms with van der Waals surface area (Å²) >= 11 is 0. The fourth-order valence-corrected chi connectivity index (χ4v) is 4.72. The lowest BCUT2D eigenvalue weighted by atomic mass is 10.2. The Bertz CT molecular complexity index is 1230. The van der Waals surface area contributed by atoms with Gasteiger partial charge in [-0.15, -0.1) is 0 Å². The largest absolute Gasteiger partial charge is 0.490 e. The molecule has 2 heterocycles. The number of likely N-dealkylation sites (N-methyl/N-ethyl adjacent to an activating group) is 1. The van der Waals surface area contributed by atoms with Crippen LogP contribution in [0.15, 0.2) is 65.8 Å². The molecule has 0 saturated carbocycles. The molecule has 1 aliphatic rings. The van der Waals surface area contributed by atoms with Gasteiger partial charge in [0, 0.05) is 37.8 Å². The summed E-state index contributed by atoms with van der Waals surface area (Å²) in [5, 5.41) is 4.33. The molecule has 1 amide bonds. The second kappa shape index (κ2) is 9.63. The average molecular weight is 471 g/mol. The number of fused-ring (bicyclic) bond motifs is 1. The lowest BCUT2D eigenvalue weighted by Crippen LogP contribution is -2.45. The van der Waals surface area contributed by atoms with Crippen molar-refractivity contribution < 1.29 is 22.7 Å². The maximum Gasteiger partial charge on any atom is 0.241 e. The van der Waals surface area contributed by atoms with Gasteiger partial charge in [0.2, 0.25) is 15.9 Å². The molecule has 1 aliphatic heterocycles. The number of aromatic nitrogens is 2. The van der Waals surface area contributed by atoms with Crippen LogP contribution in [-0.4, -0.2) is 55.3 Å². The number of carbonyl (C=O) groups excluding carboxylic acids is 1. The number of rotatable bonds is 7. The van der Waals surface area contributed by atoms with Crippen molar-refractivity contribution >= 4 is 15.9 Å². The zero-order valence-corrected chi connectivity index (χ0v) is 19.3. The van der Waals surface area contributed by atoms with Gasteiger partial charge in [-0.25, -0.2) is 13.1 Å². The van der Waals surface area contributed by atoms with Gasteiger partial charge in [0.05, 0.1) is 36.0 Å². The molecule has 0 spiro atoms. The van der Waals surface area contributed by atoms with Gasteiger partial charge in [-0.3, -0.25) is 4.79 Å². The smallest absolute Gasteiger partial charge is 0.241 e. The van der Waals surface area contributed by atoms with Crippen LogP contribution in [0.5, 0.6) is 11.5 Å². The number of benzene rings is 2. The van der Waals surface area contributed by atoms with Crippen molar-refractivity contribution in [2.75, 3.05) is 20.3 Å². The van der Waals surface area contributed by atoms with Crippen molar-refractivity contribution in [2.24, 2.45) is 0 Å². The topological polar surface area (TPSA) is 103 Å². The van der Waals surface area contributed by atoms with Crippen molar-refractivity contribution in [3.05, 3.63) is 66.5 Å². The van der Waals surface area contributed by atoms with Crippen LogP contribution in [0.4, 0.5) is 0 Å². The predicted octanol–water partition coefficient (Wildman–Crippen LogP) is 2.36. The minimum atomic E-state index is -3.94. The van der Waals surface area contributed by atoms with Crippen LogP contribution in [0, 0.1) is 0 Å². The van der Waals surface area contributed by atoms with E-state index in [9.17, 15) is 13.2 Å². The van der Waals surface area contributed by atoms with Gasteiger partial charge in [-0.1, -0.05) is 18.2 Å². The van der Waals surface area contributed by atoms with Gasteiger partial charge >= 0.3 is 0 Å². The Balaban J connectivity index is 1.40. The number of para-hydroxylation sites is 1. The SMILES string of the molecule is C[C@@H](NS(=O)(=O)c1ccc2c(c1)OCCCO2)C(=O)N(C)Cc1cnn(-c2ccccc2)c1. The van der Waals surface area contributed by atoms with Crippen molar-refractivity contribution in [1.82, 2.24) is 19.4 Å². The van der Waals surface area contributed by atoms with E-state index in [0.717, 1.165) is 17.7 Å². The monoisotopic (exact) mass is 470 g/mol. The van der Waals surface area contributed by atoms with Crippen molar-refractivity contribution in [3.8, 4) is 17.2 Å². The molecule has 33 heavy (non-hydrogen) atoms. The van der Waals surface area contributed by atoms with E-state index in [0.29, 0.717) is 31.3 Å².